The fourth-order valence-electron chi connectivity index (χ4n) is 5.97. The van der Waals surface area contributed by atoms with Gasteiger partial charge in [-0.1, -0.05) is 36.4 Å². The van der Waals surface area contributed by atoms with Gasteiger partial charge in [0.15, 0.2) is 5.82 Å². The van der Waals surface area contributed by atoms with Gasteiger partial charge < -0.3 is 4.90 Å². The summed E-state index contributed by atoms with van der Waals surface area (Å²) in [4.78, 5) is 44.5. The molecule has 7 nitrogen and oxygen atoms in total. The van der Waals surface area contributed by atoms with Crippen molar-refractivity contribution in [3.8, 4) is 11.3 Å². The van der Waals surface area contributed by atoms with E-state index in [-0.39, 0.29) is 50.0 Å². The number of rotatable bonds is 5. The van der Waals surface area contributed by atoms with Crippen LogP contribution in [0.4, 0.5) is 8.78 Å². The Bertz CT molecular complexity index is 1460. The summed E-state index contributed by atoms with van der Waals surface area (Å²) >= 11 is 0. The molecule has 0 saturated carbocycles. The van der Waals surface area contributed by atoms with Gasteiger partial charge >= 0.3 is 0 Å². The third kappa shape index (κ3) is 4.71. The highest BCUT2D eigenvalue weighted by molar-refractivity contribution is 6.05. The van der Waals surface area contributed by atoms with E-state index < -0.39 is 23.4 Å². The van der Waals surface area contributed by atoms with Gasteiger partial charge in [0.25, 0.3) is 5.91 Å². The highest BCUT2D eigenvalue weighted by Gasteiger charge is 2.40. The maximum Gasteiger partial charge on any atom is 0.255 e. The number of benzene rings is 2. The highest BCUT2D eigenvalue weighted by Crippen LogP contribution is 2.37. The van der Waals surface area contributed by atoms with Crippen molar-refractivity contribution >= 4 is 17.7 Å². The Labute approximate surface area is 224 Å². The summed E-state index contributed by atoms with van der Waals surface area (Å²) in [6.45, 7) is 1.31. The summed E-state index contributed by atoms with van der Waals surface area (Å²) in [5.74, 6) is -1.58. The molecule has 2 atom stereocenters. The minimum atomic E-state index is -1.48. The zero-order valence-corrected chi connectivity index (χ0v) is 21.3. The number of carbonyl (C=O) groups is 3. The minimum Gasteiger partial charge on any atom is -0.322 e. The lowest BCUT2D eigenvalue weighted by Crippen LogP contribution is -2.52. The third-order valence-electron chi connectivity index (χ3n) is 7.97. The number of piperidine rings is 2. The molecule has 3 aliphatic heterocycles. The SMILES string of the molecule is O=C1CCC(N2Cc3cc(-c4nccc(CN5CCCC(F)(c6ccccc6)C5)c4F)ccc3C2=O)C(=O)N1. The normalized spacial score (nSPS) is 23.6. The molecule has 1 N–H and O–H groups in total. The third-order valence-corrected chi connectivity index (χ3v) is 7.97. The first-order valence-corrected chi connectivity index (χ1v) is 13.2. The zero-order chi connectivity index (χ0) is 27.1. The molecule has 4 heterocycles. The molecule has 200 valence electrons. The zero-order valence-electron chi connectivity index (χ0n) is 21.3. The highest BCUT2D eigenvalue weighted by atomic mass is 19.1. The molecule has 3 aromatic rings. The number of fused-ring (bicyclic) bond motifs is 1. The number of alkyl halides is 1. The Morgan fingerprint density at radius 3 is 2.69 bits per heavy atom. The van der Waals surface area contributed by atoms with Gasteiger partial charge in [-0.2, -0.15) is 0 Å². The number of nitrogens with zero attached hydrogens (tertiary/aromatic N) is 3. The molecule has 2 fully saturated rings. The first-order chi connectivity index (χ1) is 18.8. The molecule has 9 heteroatoms. The van der Waals surface area contributed by atoms with Crippen molar-refractivity contribution in [2.45, 2.75) is 50.5 Å². The molecule has 39 heavy (non-hydrogen) atoms. The van der Waals surface area contributed by atoms with Crippen molar-refractivity contribution in [3.05, 3.63) is 88.9 Å². The van der Waals surface area contributed by atoms with Gasteiger partial charge in [-0.25, -0.2) is 8.78 Å². The van der Waals surface area contributed by atoms with Crippen molar-refractivity contribution in [2.24, 2.45) is 0 Å². The number of halogens is 2. The predicted octanol–water partition coefficient (Wildman–Crippen LogP) is 4.11. The Morgan fingerprint density at radius 2 is 1.90 bits per heavy atom. The Balaban J connectivity index is 1.21. The van der Waals surface area contributed by atoms with Crippen LogP contribution in [0.25, 0.3) is 11.3 Å². The van der Waals surface area contributed by atoms with Gasteiger partial charge in [-0.3, -0.25) is 29.6 Å². The summed E-state index contributed by atoms with van der Waals surface area (Å²) in [5, 5.41) is 2.29. The average molecular weight is 531 g/mol. The van der Waals surface area contributed by atoms with Crippen LogP contribution in [0.1, 0.15) is 52.7 Å². The van der Waals surface area contributed by atoms with Crippen molar-refractivity contribution in [1.29, 1.82) is 0 Å². The summed E-state index contributed by atoms with van der Waals surface area (Å²) in [7, 11) is 0. The van der Waals surface area contributed by atoms with Crippen LogP contribution in [0.3, 0.4) is 0 Å². The quantitative estimate of drug-likeness (QED) is 0.502. The molecule has 3 aliphatic rings. The van der Waals surface area contributed by atoms with Crippen LogP contribution in [0.15, 0.2) is 60.8 Å². The van der Waals surface area contributed by atoms with Gasteiger partial charge in [0.1, 0.15) is 17.4 Å². The van der Waals surface area contributed by atoms with Crippen LogP contribution in [-0.4, -0.2) is 51.6 Å². The first-order valence-electron chi connectivity index (χ1n) is 13.2. The molecule has 0 aliphatic carbocycles. The summed E-state index contributed by atoms with van der Waals surface area (Å²) in [6, 6.07) is 15.1. The molecular formula is C30H28F2N4O3. The van der Waals surface area contributed by atoms with E-state index in [4.69, 9.17) is 0 Å². The van der Waals surface area contributed by atoms with Crippen molar-refractivity contribution in [1.82, 2.24) is 20.1 Å². The van der Waals surface area contributed by atoms with Crippen LogP contribution < -0.4 is 5.32 Å². The Morgan fingerprint density at radius 1 is 1.08 bits per heavy atom. The second-order valence-corrected chi connectivity index (χ2v) is 10.6. The van der Waals surface area contributed by atoms with E-state index in [1.165, 1.54) is 4.90 Å². The predicted molar refractivity (Wildman–Crippen MR) is 139 cm³/mol. The van der Waals surface area contributed by atoms with Gasteiger partial charge in [-0.05, 0) is 55.1 Å². The fraction of sp³-hybridized carbons (Fsp3) is 0.333. The number of aromatic nitrogens is 1. The van der Waals surface area contributed by atoms with Gasteiger partial charge in [-0.15, -0.1) is 0 Å². The maximum absolute atomic E-state index is 15.8. The van der Waals surface area contributed by atoms with Gasteiger partial charge in [0, 0.05) is 48.9 Å². The number of amides is 3. The summed E-state index contributed by atoms with van der Waals surface area (Å²) in [5.41, 5.74) is 1.40. The summed E-state index contributed by atoms with van der Waals surface area (Å²) in [6.07, 6.45) is 3.10. The van der Waals surface area contributed by atoms with E-state index in [0.29, 0.717) is 47.2 Å². The number of pyridine rings is 1. The second-order valence-electron chi connectivity index (χ2n) is 10.6. The molecular weight excluding hydrogens is 502 g/mol. The average Bonchev–Trinajstić information content (AvgIpc) is 3.26. The molecule has 2 aromatic carbocycles. The van der Waals surface area contributed by atoms with E-state index in [0.717, 1.165) is 0 Å². The smallest absolute Gasteiger partial charge is 0.255 e. The van der Waals surface area contributed by atoms with Gasteiger partial charge in [0.05, 0.1) is 0 Å². The number of likely N-dealkylation sites (tertiary alicyclic amines) is 1. The van der Waals surface area contributed by atoms with E-state index >= 15 is 8.78 Å². The molecule has 0 spiro atoms. The largest absolute Gasteiger partial charge is 0.322 e. The Hall–Kier alpha value is -3.98. The molecule has 0 bridgehead atoms. The number of hydrogen-bond donors (Lipinski definition) is 1. The Kier molecular flexibility index (Phi) is 6.46. The number of imide groups is 1. The van der Waals surface area contributed by atoms with Gasteiger partial charge in [0.2, 0.25) is 11.8 Å². The number of nitrogens with one attached hydrogen (secondary N) is 1. The lowest BCUT2D eigenvalue weighted by atomic mass is 9.87. The minimum absolute atomic E-state index is 0.161. The van der Waals surface area contributed by atoms with Crippen LogP contribution in [0.2, 0.25) is 0 Å². The molecule has 0 radical (unpaired) electrons. The second kappa shape index (κ2) is 9.96. The van der Waals surface area contributed by atoms with Crippen molar-refractivity contribution in [3.63, 3.8) is 0 Å². The van der Waals surface area contributed by atoms with Crippen LogP contribution in [0.5, 0.6) is 0 Å². The molecule has 3 amide bonds. The fourth-order valence-corrected chi connectivity index (χ4v) is 5.97. The molecule has 1 aromatic heterocycles. The molecule has 2 unspecified atom stereocenters. The standard InChI is InChI=1S/C30H28F2N4O3/c31-26-20(16-35-14-4-12-30(32,18-35)22-5-2-1-3-6-22)11-13-33-27(26)19-7-8-23-21(15-19)17-36(29(23)39)24-9-10-25(37)34-28(24)38/h1-3,5-8,11,13,15,24H,4,9-10,12,14,16-18H2,(H,34,37,38). The van der Waals surface area contributed by atoms with Crippen LogP contribution in [-0.2, 0) is 28.3 Å². The monoisotopic (exact) mass is 530 g/mol. The lowest BCUT2D eigenvalue weighted by molar-refractivity contribution is -0.136. The number of carbonyl (C=O) groups excluding carboxylic acids is 3. The first kappa shape index (κ1) is 25.3. The van der Waals surface area contributed by atoms with Crippen LogP contribution >= 0.6 is 0 Å². The number of hydrogen-bond acceptors (Lipinski definition) is 5. The van der Waals surface area contributed by atoms with Crippen LogP contribution in [0, 0.1) is 5.82 Å². The van der Waals surface area contributed by atoms with Crippen molar-refractivity contribution < 1.29 is 23.2 Å². The summed E-state index contributed by atoms with van der Waals surface area (Å²) < 4.78 is 31.6. The topological polar surface area (TPSA) is 82.6 Å². The molecule has 2 saturated heterocycles. The lowest BCUT2D eigenvalue weighted by Gasteiger charge is -2.37. The van der Waals surface area contributed by atoms with E-state index in [1.54, 1.807) is 42.6 Å². The van der Waals surface area contributed by atoms with E-state index in [9.17, 15) is 14.4 Å². The van der Waals surface area contributed by atoms with Crippen molar-refractivity contribution in [2.75, 3.05) is 13.1 Å². The maximum atomic E-state index is 15.8. The van der Waals surface area contributed by atoms with E-state index in [1.807, 2.05) is 23.1 Å². The van der Waals surface area contributed by atoms with E-state index in [2.05, 4.69) is 10.3 Å². The molecule has 6 rings (SSSR count).